The number of aryl methyl sites for hydroxylation is 1. The molecule has 0 aliphatic heterocycles. The summed E-state index contributed by atoms with van der Waals surface area (Å²) in [5.41, 5.74) is 1.92. The maximum atomic E-state index is 13.9. The lowest BCUT2D eigenvalue weighted by molar-refractivity contribution is -0.156. The van der Waals surface area contributed by atoms with Crippen LogP contribution in [0.25, 0.3) is 11.5 Å². The molecule has 7 nitrogen and oxygen atoms in total. The van der Waals surface area contributed by atoms with Crippen molar-refractivity contribution in [3.8, 4) is 11.5 Å². The number of nitrogens with zero attached hydrogens (tertiary/aromatic N) is 3. The highest BCUT2D eigenvalue weighted by molar-refractivity contribution is 6.31. The lowest BCUT2D eigenvalue weighted by Gasteiger charge is -2.21. The Morgan fingerprint density at radius 2 is 1.69 bits per heavy atom. The zero-order valence-electron chi connectivity index (χ0n) is 20.1. The van der Waals surface area contributed by atoms with E-state index in [1.807, 2.05) is 0 Å². The number of hydrogen-bond acceptors (Lipinski definition) is 5. The predicted molar refractivity (Wildman–Crippen MR) is 130 cm³/mol. The molecule has 2 aromatic carbocycles. The molecule has 3 rings (SSSR count). The fourth-order valence-electron chi connectivity index (χ4n) is 3.85. The van der Waals surface area contributed by atoms with Crippen molar-refractivity contribution in [2.75, 3.05) is 6.54 Å². The van der Waals surface area contributed by atoms with Crippen LogP contribution < -0.4 is 0 Å². The van der Waals surface area contributed by atoms with Gasteiger partial charge in [-0.05, 0) is 42.2 Å². The SMILES string of the molecule is CCCCCCCCc1noc(-c2ccc(CN(CCc3ccccc3F)C(=O)C(=O)O)cc2)n1. The molecule has 0 atom stereocenters. The first-order valence-corrected chi connectivity index (χ1v) is 12.2. The van der Waals surface area contributed by atoms with E-state index in [1.54, 1.807) is 42.5 Å². The van der Waals surface area contributed by atoms with Gasteiger partial charge >= 0.3 is 11.9 Å². The van der Waals surface area contributed by atoms with Gasteiger partial charge in [-0.1, -0.05) is 74.5 Å². The molecule has 8 heteroatoms. The second-order valence-electron chi connectivity index (χ2n) is 8.60. The number of unbranched alkanes of at least 4 members (excludes halogenated alkanes) is 5. The number of aromatic nitrogens is 2. The lowest BCUT2D eigenvalue weighted by Crippen LogP contribution is -2.37. The molecule has 186 valence electrons. The van der Waals surface area contributed by atoms with Gasteiger partial charge < -0.3 is 14.5 Å². The summed E-state index contributed by atoms with van der Waals surface area (Å²) in [6.07, 6.45) is 8.17. The van der Waals surface area contributed by atoms with Crippen LogP contribution in [0.4, 0.5) is 4.39 Å². The lowest BCUT2D eigenvalue weighted by atomic mass is 10.1. The standard InChI is InChI=1S/C27H32FN3O4/c1-2-3-4-5-6-7-12-24-29-25(35-30-24)22-15-13-20(14-16-22)19-31(26(32)27(33)34)18-17-21-10-8-9-11-23(21)28/h8-11,13-16H,2-7,12,17-19H2,1H3,(H,33,34). The van der Waals surface area contributed by atoms with E-state index in [-0.39, 0.29) is 25.3 Å². The van der Waals surface area contributed by atoms with E-state index in [0.717, 1.165) is 30.4 Å². The molecule has 0 saturated heterocycles. The molecule has 0 bridgehead atoms. The van der Waals surface area contributed by atoms with Gasteiger partial charge in [-0.2, -0.15) is 4.98 Å². The first-order chi connectivity index (χ1) is 17.0. The highest BCUT2D eigenvalue weighted by atomic mass is 19.1. The number of carbonyl (C=O) groups excluding carboxylic acids is 1. The normalized spacial score (nSPS) is 10.9. The van der Waals surface area contributed by atoms with Crippen LogP contribution in [0.15, 0.2) is 53.1 Å². The van der Waals surface area contributed by atoms with Crippen LogP contribution in [-0.4, -0.2) is 38.6 Å². The molecular weight excluding hydrogens is 449 g/mol. The molecule has 0 aliphatic rings. The number of rotatable bonds is 13. The van der Waals surface area contributed by atoms with Gasteiger partial charge in [0.25, 0.3) is 5.89 Å². The average molecular weight is 482 g/mol. The highest BCUT2D eigenvalue weighted by Gasteiger charge is 2.21. The summed E-state index contributed by atoms with van der Waals surface area (Å²) >= 11 is 0. The number of halogens is 1. The minimum absolute atomic E-state index is 0.0826. The molecule has 0 fully saturated rings. The predicted octanol–water partition coefficient (Wildman–Crippen LogP) is 5.43. The van der Waals surface area contributed by atoms with E-state index in [2.05, 4.69) is 17.1 Å². The third-order valence-electron chi connectivity index (χ3n) is 5.88. The zero-order valence-corrected chi connectivity index (χ0v) is 20.1. The Morgan fingerprint density at radius 3 is 2.40 bits per heavy atom. The van der Waals surface area contributed by atoms with Gasteiger partial charge in [0.05, 0.1) is 0 Å². The van der Waals surface area contributed by atoms with Crippen LogP contribution in [0.2, 0.25) is 0 Å². The van der Waals surface area contributed by atoms with Gasteiger partial charge in [-0.3, -0.25) is 4.79 Å². The zero-order chi connectivity index (χ0) is 25.0. The summed E-state index contributed by atoms with van der Waals surface area (Å²) in [5.74, 6) is -1.84. The van der Waals surface area contributed by atoms with E-state index in [4.69, 9.17) is 4.52 Å². The van der Waals surface area contributed by atoms with Gasteiger partial charge in [0.1, 0.15) is 5.82 Å². The Balaban J connectivity index is 1.58. The Morgan fingerprint density at radius 1 is 0.971 bits per heavy atom. The van der Waals surface area contributed by atoms with Crippen molar-refractivity contribution in [1.82, 2.24) is 15.0 Å². The van der Waals surface area contributed by atoms with E-state index in [0.29, 0.717) is 17.3 Å². The molecule has 1 N–H and O–H groups in total. The number of carbonyl (C=O) groups is 2. The van der Waals surface area contributed by atoms with Crippen molar-refractivity contribution in [1.29, 1.82) is 0 Å². The summed E-state index contributed by atoms with van der Waals surface area (Å²) in [5, 5.41) is 13.3. The van der Waals surface area contributed by atoms with Crippen LogP contribution in [0.5, 0.6) is 0 Å². The van der Waals surface area contributed by atoms with Crippen LogP contribution in [-0.2, 0) is 29.0 Å². The minimum Gasteiger partial charge on any atom is -0.474 e. The van der Waals surface area contributed by atoms with E-state index in [9.17, 15) is 19.1 Å². The summed E-state index contributed by atoms with van der Waals surface area (Å²) < 4.78 is 19.3. The fourth-order valence-corrected chi connectivity index (χ4v) is 3.85. The molecule has 0 unspecified atom stereocenters. The van der Waals surface area contributed by atoms with E-state index < -0.39 is 11.9 Å². The molecule has 0 aliphatic carbocycles. The Hall–Kier alpha value is -3.55. The Kier molecular flexibility index (Phi) is 9.95. The molecule has 1 heterocycles. The smallest absolute Gasteiger partial charge is 0.394 e. The Bertz CT molecular complexity index is 1100. The first-order valence-electron chi connectivity index (χ1n) is 12.2. The number of benzene rings is 2. The van der Waals surface area contributed by atoms with Gasteiger partial charge in [0.2, 0.25) is 0 Å². The van der Waals surface area contributed by atoms with Crippen molar-refractivity contribution < 1.29 is 23.6 Å². The molecule has 1 aromatic heterocycles. The van der Waals surface area contributed by atoms with Crippen LogP contribution in [0.1, 0.15) is 62.4 Å². The molecule has 0 saturated carbocycles. The monoisotopic (exact) mass is 481 g/mol. The van der Waals surface area contributed by atoms with Gasteiger partial charge in [0.15, 0.2) is 5.82 Å². The topological polar surface area (TPSA) is 96.5 Å². The molecule has 0 spiro atoms. The summed E-state index contributed by atoms with van der Waals surface area (Å²) in [4.78, 5) is 29.2. The summed E-state index contributed by atoms with van der Waals surface area (Å²) in [6.45, 7) is 2.37. The molecule has 0 radical (unpaired) electrons. The maximum Gasteiger partial charge on any atom is 0.394 e. The van der Waals surface area contributed by atoms with Crippen molar-refractivity contribution in [3.05, 3.63) is 71.3 Å². The number of aliphatic carboxylic acids is 1. The quantitative estimate of drug-likeness (QED) is 0.258. The third-order valence-corrected chi connectivity index (χ3v) is 5.88. The second kappa shape index (κ2) is 13.4. The van der Waals surface area contributed by atoms with Crippen molar-refractivity contribution in [2.45, 2.75) is 64.8 Å². The fraction of sp³-hybridized carbons (Fsp3) is 0.407. The van der Waals surface area contributed by atoms with Crippen LogP contribution >= 0.6 is 0 Å². The van der Waals surface area contributed by atoms with Gasteiger partial charge in [-0.15, -0.1) is 0 Å². The number of carboxylic acid groups (broad SMARTS) is 1. The van der Waals surface area contributed by atoms with Crippen molar-refractivity contribution in [3.63, 3.8) is 0 Å². The molecular formula is C27H32FN3O4. The van der Waals surface area contributed by atoms with Crippen LogP contribution in [0.3, 0.4) is 0 Å². The van der Waals surface area contributed by atoms with Gasteiger partial charge in [0, 0.05) is 25.1 Å². The second-order valence-corrected chi connectivity index (χ2v) is 8.60. The number of hydrogen-bond donors (Lipinski definition) is 1. The van der Waals surface area contributed by atoms with Crippen LogP contribution in [0, 0.1) is 5.82 Å². The average Bonchev–Trinajstić information content (AvgIpc) is 3.33. The largest absolute Gasteiger partial charge is 0.474 e. The van der Waals surface area contributed by atoms with E-state index >= 15 is 0 Å². The first kappa shape index (κ1) is 26.1. The minimum atomic E-state index is -1.54. The van der Waals surface area contributed by atoms with E-state index in [1.165, 1.54) is 36.6 Å². The molecule has 1 amide bonds. The van der Waals surface area contributed by atoms with Crippen molar-refractivity contribution in [2.24, 2.45) is 0 Å². The Labute approximate surface area is 205 Å². The third kappa shape index (κ3) is 8.02. The summed E-state index contributed by atoms with van der Waals surface area (Å²) in [6, 6.07) is 13.4. The summed E-state index contributed by atoms with van der Waals surface area (Å²) in [7, 11) is 0. The molecule has 35 heavy (non-hydrogen) atoms. The number of carboxylic acids is 1. The number of amides is 1. The van der Waals surface area contributed by atoms with Crippen molar-refractivity contribution >= 4 is 11.9 Å². The van der Waals surface area contributed by atoms with Gasteiger partial charge in [-0.25, -0.2) is 9.18 Å². The highest BCUT2D eigenvalue weighted by Crippen LogP contribution is 2.20. The maximum absolute atomic E-state index is 13.9. The molecule has 3 aromatic rings.